The third-order valence-electron chi connectivity index (χ3n) is 8.24. The van der Waals surface area contributed by atoms with Crippen LogP contribution in [0, 0.1) is 12.7 Å². The number of amides is 1. The molecule has 8 nitrogen and oxygen atoms in total. The minimum Gasteiger partial charge on any atom is -0.367 e. The van der Waals surface area contributed by atoms with Crippen LogP contribution in [-0.2, 0) is 6.18 Å². The Morgan fingerprint density at radius 3 is 2.26 bits per heavy atom. The number of halogens is 4. The number of guanidine groups is 1. The number of aryl methyl sites for hydroxylation is 1. The molecule has 46 heavy (non-hydrogen) atoms. The van der Waals surface area contributed by atoms with Crippen molar-refractivity contribution < 1.29 is 22.4 Å². The molecule has 1 amide bonds. The molecule has 242 valence electrons. The van der Waals surface area contributed by atoms with Gasteiger partial charge in [0.1, 0.15) is 5.82 Å². The Bertz CT molecular complexity index is 1680. The molecule has 3 aromatic rings. The zero-order valence-corrected chi connectivity index (χ0v) is 26.1. The number of nitrogens with one attached hydrogen (secondary N) is 2. The average molecular weight is 636 g/mol. The van der Waals surface area contributed by atoms with E-state index >= 15 is 4.39 Å². The van der Waals surface area contributed by atoms with Crippen molar-refractivity contribution in [2.24, 2.45) is 9.98 Å². The number of aliphatic imine (C=N–C) groups is 2. The van der Waals surface area contributed by atoms with Gasteiger partial charge in [0, 0.05) is 74.0 Å². The van der Waals surface area contributed by atoms with Crippen molar-refractivity contribution in [3.63, 3.8) is 0 Å². The van der Waals surface area contributed by atoms with E-state index in [4.69, 9.17) is 4.99 Å². The highest BCUT2D eigenvalue weighted by Gasteiger charge is 2.31. The number of hydrogen-bond acceptors (Lipinski definition) is 5. The number of nitrogens with zero attached hydrogens (tertiary/aromatic N) is 5. The van der Waals surface area contributed by atoms with Crippen LogP contribution in [0.3, 0.4) is 0 Å². The first-order chi connectivity index (χ1) is 21.9. The van der Waals surface area contributed by atoms with Crippen LogP contribution in [0.15, 0.2) is 81.9 Å². The molecule has 1 fully saturated rings. The molecule has 0 unspecified atom stereocenters. The molecule has 5 rings (SSSR count). The minimum absolute atomic E-state index is 0.0786. The zero-order valence-electron chi connectivity index (χ0n) is 26.1. The number of carbonyl (C=O) groups is 1. The highest BCUT2D eigenvalue weighted by molar-refractivity contribution is 6.04. The standard InChI is InChI=1S/C34H37F4N7O/c1-22-8-9-27(40-32(46)24-6-5-7-25(18-24)34(36,37)38)20-31(22)45-13-12-29(23(2)21-45)42-33(39-3)41-26-10-11-30(28(35)19-26)44-16-14-43(4)15-17-44/h5-11,18-20H,3,12-17,21H2,1-2,4H3,(H,40,46)(H,41,42). The number of benzene rings is 3. The molecule has 0 spiro atoms. The molecule has 2 aliphatic rings. The Morgan fingerprint density at radius 1 is 0.870 bits per heavy atom. The molecule has 2 heterocycles. The lowest BCUT2D eigenvalue weighted by Crippen LogP contribution is -2.44. The lowest BCUT2D eigenvalue weighted by Gasteiger charge is -2.34. The number of likely N-dealkylation sites (N-methyl/N-ethyl adjacent to an activating group) is 1. The van der Waals surface area contributed by atoms with Crippen molar-refractivity contribution in [3.05, 3.63) is 94.4 Å². The molecule has 2 N–H and O–H groups in total. The smallest absolute Gasteiger partial charge is 0.367 e. The maximum atomic E-state index is 15.0. The van der Waals surface area contributed by atoms with Gasteiger partial charge in [-0.1, -0.05) is 12.1 Å². The Labute approximate surface area is 266 Å². The van der Waals surface area contributed by atoms with E-state index in [1.165, 1.54) is 18.2 Å². The summed E-state index contributed by atoms with van der Waals surface area (Å²) in [7, 11) is 2.06. The normalized spacial score (nSPS) is 16.5. The first kappa shape index (κ1) is 32.7. The van der Waals surface area contributed by atoms with Gasteiger partial charge < -0.3 is 25.3 Å². The predicted molar refractivity (Wildman–Crippen MR) is 177 cm³/mol. The number of piperazine rings is 1. The van der Waals surface area contributed by atoms with Gasteiger partial charge in [-0.3, -0.25) is 4.79 Å². The van der Waals surface area contributed by atoms with E-state index in [9.17, 15) is 18.0 Å². The fourth-order valence-electron chi connectivity index (χ4n) is 5.58. The summed E-state index contributed by atoms with van der Waals surface area (Å²) in [5.74, 6) is -0.673. The van der Waals surface area contributed by atoms with E-state index in [2.05, 4.69) is 39.2 Å². The number of hydrogen-bond donors (Lipinski definition) is 2. The van der Waals surface area contributed by atoms with E-state index in [1.54, 1.807) is 12.1 Å². The lowest BCUT2D eigenvalue weighted by molar-refractivity contribution is -0.137. The van der Waals surface area contributed by atoms with Crippen molar-refractivity contribution in [3.8, 4) is 0 Å². The van der Waals surface area contributed by atoms with Crippen molar-refractivity contribution in [2.45, 2.75) is 26.4 Å². The molecule has 1 saturated heterocycles. The van der Waals surface area contributed by atoms with Gasteiger partial charge in [-0.05, 0) is 87.3 Å². The summed E-state index contributed by atoms with van der Waals surface area (Å²) in [5, 5.41) is 5.80. The van der Waals surface area contributed by atoms with Gasteiger partial charge in [-0.15, -0.1) is 0 Å². The van der Waals surface area contributed by atoms with Crippen LogP contribution in [0.25, 0.3) is 0 Å². The number of carbonyl (C=O) groups excluding carboxylic acids is 1. The summed E-state index contributed by atoms with van der Waals surface area (Å²) in [5.41, 5.74) is 4.33. The number of alkyl halides is 3. The Kier molecular flexibility index (Phi) is 9.76. The fraction of sp³-hybridized carbons (Fsp3) is 0.324. The molecule has 0 aliphatic carbocycles. The summed E-state index contributed by atoms with van der Waals surface area (Å²) in [6.07, 6.45) is -3.94. The second-order valence-electron chi connectivity index (χ2n) is 11.6. The van der Waals surface area contributed by atoms with Crippen molar-refractivity contribution in [1.29, 1.82) is 0 Å². The number of anilines is 4. The average Bonchev–Trinajstić information content (AvgIpc) is 3.03. The SMILES string of the molecule is C=NC(=NC1=C(C)CN(c2cc(NC(=O)c3cccc(C(F)(F)F)c3)ccc2C)CC1)Nc1ccc(N2CCN(C)CC2)c(F)c1. The third kappa shape index (κ3) is 7.74. The first-order valence-electron chi connectivity index (χ1n) is 15.0. The summed E-state index contributed by atoms with van der Waals surface area (Å²) < 4.78 is 54.4. The first-order valence-corrected chi connectivity index (χ1v) is 15.0. The molecular formula is C34H37F4N7O. The molecule has 0 bridgehead atoms. The van der Waals surface area contributed by atoms with Crippen LogP contribution >= 0.6 is 0 Å². The fourth-order valence-corrected chi connectivity index (χ4v) is 5.58. The third-order valence-corrected chi connectivity index (χ3v) is 8.24. The second-order valence-corrected chi connectivity index (χ2v) is 11.6. The molecule has 0 radical (unpaired) electrons. The monoisotopic (exact) mass is 635 g/mol. The van der Waals surface area contributed by atoms with E-state index in [0.717, 1.165) is 60.8 Å². The van der Waals surface area contributed by atoms with Gasteiger partial charge in [0.15, 0.2) is 0 Å². The van der Waals surface area contributed by atoms with Crippen molar-refractivity contribution >= 4 is 41.3 Å². The van der Waals surface area contributed by atoms with Gasteiger partial charge in [0.05, 0.1) is 11.3 Å². The maximum Gasteiger partial charge on any atom is 0.416 e. The molecule has 2 aliphatic heterocycles. The van der Waals surface area contributed by atoms with Crippen LogP contribution in [0.2, 0.25) is 0 Å². The Balaban J connectivity index is 1.26. The van der Waals surface area contributed by atoms with Crippen LogP contribution in [0.5, 0.6) is 0 Å². The van der Waals surface area contributed by atoms with E-state index in [-0.39, 0.29) is 17.3 Å². The van der Waals surface area contributed by atoms with Crippen LogP contribution in [-0.4, -0.2) is 69.8 Å². The lowest BCUT2D eigenvalue weighted by atomic mass is 10.0. The zero-order chi connectivity index (χ0) is 33.0. The largest absolute Gasteiger partial charge is 0.416 e. The maximum absolute atomic E-state index is 15.0. The van der Waals surface area contributed by atoms with Crippen LogP contribution < -0.4 is 20.4 Å². The molecule has 12 heteroatoms. The van der Waals surface area contributed by atoms with E-state index in [1.807, 2.05) is 36.9 Å². The van der Waals surface area contributed by atoms with Gasteiger partial charge >= 0.3 is 6.18 Å². The summed E-state index contributed by atoms with van der Waals surface area (Å²) >= 11 is 0. The Morgan fingerprint density at radius 2 is 1.59 bits per heavy atom. The molecule has 0 saturated carbocycles. The second kappa shape index (κ2) is 13.7. The van der Waals surface area contributed by atoms with Gasteiger partial charge in [0.25, 0.3) is 5.91 Å². The minimum atomic E-state index is -4.54. The van der Waals surface area contributed by atoms with Crippen molar-refractivity contribution in [1.82, 2.24) is 4.90 Å². The van der Waals surface area contributed by atoms with Gasteiger partial charge in [0.2, 0.25) is 5.96 Å². The number of rotatable bonds is 6. The molecule has 3 aromatic carbocycles. The van der Waals surface area contributed by atoms with Crippen LogP contribution in [0.4, 0.5) is 40.3 Å². The summed E-state index contributed by atoms with van der Waals surface area (Å²) in [6.45, 7) is 12.1. The van der Waals surface area contributed by atoms with Gasteiger partial charge in [-0.25, -0.2) is 14.4 Å². The topological polar surface area (TPSA) is 75.6 Å². The summed E-state index contributed by atoms with van der Waals surface area (Å²) in [4.78, 5) is 27.9. The molecule has 0 atom stereocenters. The van der Waals surface area contributed by atoms with Crippen molar-refractivity contribution in [2.75, 3.05) is 66.7 Å². The molecular weight excluding hydrogens is 598 g/mol. The van der Waals surface area contributed by atoms with Gasteiger partial charge in [-0.2, -0.15) is 13.2 Å². The highest BCUT2D eigenvalue weighted by Crippen LogP contribution is 2.32. The molecule has 0 aromatic heterocycles. The summed E-state index contributed by atoms with van der Waals surface area (Å²) in [6, 6.07) is 14.8. The van der Waals surface area contributed by atoms with E-state index in [0.29, 0.717) is 36.6 Å². The van der Waals surface area contributed by atoms with Crippen LogP contribution in [0.1, 0.15) is 34.8 Å². The highest BCUT2D eigenvalue weighted by atomic mass is 19.4. The van der Waals surface area contributed by atoms with E-state index < -0.39 is 17.6 Å². The predicted octanol–water partition coefficient (Wildman–Crippen LogP) is 6.81. The Hall–Kier alpha value is -4.71. The quantitative estimate of drug-likeness (QED) is 0.177.